The summed E-state index contributed by atoms with van der Waals surface area (Å²) in [6.45, 7) is 4.42. The highest BCUT2D eigenvalue weighted by atomic mass is 32.2. The standard InChI is InChI=1S/C9H18N4O2S/c1-7-9(8(2)12-11-7)16(14,15)10-5-6-13(3)4/h10H,5-6H2,1-4H3,(H,11,12). The first kappa shape index (κ1) is 13.1. The first-order valence-corrected chi connectivity index (χ1v) is 6.49. The molecule has 1 aromatic rings. The van der Waals surface area contributed by atoms with Crippen LogP contribution in [0.1, 0.15) is 11.4 Å². The molecule has 1 aromatic heterocycles. The van der Waals surface area contributed by atoms with E-state index in [9.17, 15) is 8.42 Å². The van der Waals surface area contributed by atoms with Gasteiger partial charge in [0.1, 0.15) is 4.90 Å². The first-order chi connectivity index (χ1) is 7.34. The summed E-state index contributed by atoms with van der Waals surface area (Å²) in [5.74, 6) is 0. The van der Waals surface area contributed by atoms with Crippen molar-refractivity contribution in [2.24, 2.45) is 0 Å². The van der Waals surface area contributed by atoms with E-state index in [-0.39, 0.29) is 4.90 Å². The van der Waals surface area contributed by atoms with Gasteiger partial charge in [0.25, 0.3) is 0 Å². The second-order valence-corrected chi connectivity index (χ2v) is 5.67. The van der Waals surface area contributed by atoms with E-state index in [1.807, 2.05) is 19.0 Å². The molecular formula is C9H18N4O2S. The molecule has 0 aromatic carbocycles. The van der Waals surface area contributed by atoms with Crippen LogP contribution in [0.4, 0.5) is 0 Å². The Bertz CT molecular complexity index is 431. The van der Waals surface area contributed by atoms with Crippen molar-refractivity contribution in [1.82, 2.24) is 19.8 Å². The van der Waals surface area contributed by atoms with Crippen LogP contribution in [-0.4, -0.2) is 50.7 Å². The number of aromatic amines is 1. The summed E-state index contributed by atoms with van der Waals surface area (Å²) in [5.41, 5.74) is 1.06. The molecule has 1 heterocycles. The quantitative estimate of drug-likeness (QED) is 0.758. The Morgan fingerprint density at radius 2 is 2.00 bits per heavy atom. The van der Waals surface area contributed by atoms with Gasteiger partial charge in [-0.2, -0.15) is 5.10 Å². The van der Waals surface area contributed by atoms with E-state index in [4.69, 9.17) is 0 Å². The van der Waals surface area contributed by atoms with Crippen molar-refractivity contribution in [3.05, 3.63) is 11.4 Å². The highest BCUT2D eigenvalue weighted by Gasteiger charge is 2.21. The number of likely N-dealkylation sites (N-methyl/N-ethyl adjacent to an activating group) is 1. The van der Waals surface area contributed by atoms with E-state index in [0.717, 1.165) is 0 Å². The number of hydrogen-bond acceptors (Lipinski definition) is 4. The smallest absolute Gasteiger partial charge is 0.244 e. The SMILES string of the molecule is Cc1n[nH]c(C)c1S(=O)(=O)NCCN(C)C. The number of sulfonamides is 1. The van der Waals surface area contributed by atoms with E-state index in [1.54, 1.807) is 13.8 Å². The number of aryl methyl sites for hydroxylation is 2. The van der Waals surface area contributed by atoms with Crippen LogP contribution in [0.2, 0.25) is 0 Å². The number of aromatic nitrogens is 2. The summed E-state index contributed by atoms with van der Waals surface area (Å²) in [7, 11) is 0.339. The van der Waals surface area contributed by atoms with E-state index < -0.39 is 10.0 Å². The maximum Gasteiger partial charge on any atom is 0.244 e. The number of nitrogens with zero attached hydrogens (tertiary/aromatic N) is 2. The van der Waals surface area contributed by atoms with Gasteiger partial charge < -0.3 is 4.90 Å². The minimum atomic E-state index is -3.44. The molecule has 92 valence electrons. The van der Waals surface area contributed by atoms with Crippen LogP contribution < -0.4 is 4.72 Å². The summed E-state index contributed by atoms with van der Waals surface area (Å²) in [6, 6.07) is 0. The van der Waals surface area contributed by atoms with Crippen LogP contribution in [0.5, 0.6) is 0 Å². The Balaban J connectivity index is 2.79. The zero-order valence-corrected chi connectivity index (χ0v) is 10.8. The molecule has 7 heteroatoms. The van der Waals surface area contributed by atoms with Crippen molar-refractivity contribution < 1.29 is 8.42 Å². The second kappa shape index (κ2) is 4.94. The Kier molecular flexibility index (Phi) is 4.06. The number of hydrogen-bond donors (Lipinski definition) is 2. The average Bonchev–Trinajstić information content (AvgIpc) is 2.45. The molecule has 16 heavy (non-hydrogen) atoms. The van der Waals surface area contributed by atoms with Gasteiger partial charge in [0.05, 0.1) is 11.4 Å². The van der Waals surface area contributed by atoms with E-state index >= 15 is 0 Å². The first-order valence-electron chi connectivity index (χ1n) is 5.00. The molecule has 0 spiro atoms. The van der Waals surface area contributed by atoms with Crippen molar-refractivity contribution in [2.45, 2.75) is 18.7 Å². The maximum atomic E-state index is 11.9. The Morgan fingerprint density at radius 1 is 1.38 bits per heavy atom. The molecule has 0 saturated heterocycles. The number of H-pyrrole nitrogens is 1. The van der Waals surface area contributed by atoms with Crippen LogP contribution in [0, 0.1) is 13.8 Å². The van der Waals surface area contributed by atoms with Crippen LogP contribution in [0.3, 0.4) is 0 Å². The number of nitrogens with one attached hydrogen (secondary N) is 2. The molecule has 6 nitrogen and oxygen atoms in total. The van der Waals surface area contributed by atoms with Gasteiger partial charge in [0, 0.05) is 13.1 Å². The molecule has 0 amide bonds. The third-order valence-corrected chi connectivity index (χ3v) is 3.90. The zero-order chi connectivity index (χ0) is 12.3. The van der Waals surface area contributed by atoms with Crippen LogP contribution in [0.25, 0.3) is 0 Å². The summed E-state index contributed by atoms with van der Waals surface area (Å²) in [4.78, 5) is 2.17. The highest BCUT2D eigenvalue weighted by molar-refractivity contribution is 7.89. The molecule has 0 unspecified atom stereocenters. The van der Waals surface area contributed by atoms with Crippen molar-refractivity contribution in [3.63, 3.8) is 0 Å². The van der Waals surface area contributed by atoms with Crippen LogP contribution in [-0.2, 0) is 10.0 Å². The molecule has 1 rings (SSSR count). The van der Waals surface area contributed by atoms with Crippen LogP contribution in [0.15, 0.2) is 4.90 Å². The van der Waals surface area contributed by atoms with Crippen molar-refractivity contribution in [1.29, 1.82) is 0 Å². The van der Waals surface area contributed by atoms with Gasteiger partial charge in [-0.15, -0.1) is 0 Å². The lowest BCUT2D eigenvalue weighted by molar-refractivity contribution is 0.412. The molecule has 0 aliphatic carbocycles. The molecule has 0 fully saturated rings. The summed E-state index contributed by atoms with van der Waals surface area (Å²) in [5, 5.41) is 6.53. The predicted octanol–water partition coefficient (Wildman–Crippen LogP) is -0.134. The lowest BCUT2D eigenvalue weighted by Gasteiger charge is -2.10. The average molecular weight is 246 g/mol. The van der Waals surface area contributed by atoms with Gasteiger partial charge in [-0.1, -0.05) is 0 Å². The lowest BCUT2D eigenvalue weighted by Crippen LogP contribution is -2.31. The molecule has 0 aliphatic heterocycles. The predicted molar refractivity (Wildman–Crippen MR) is 61.8 cm³/mol. The minimum Gasteiger partial charge on any atom is -0.308 e. The van der Waals surface area contributed by atoms with Gasteiger partial charge in [-0.3, -0.25) is 5.10 Å². The van der Waals surface area contributed by atoms with Crippen molar-refractivity contribution in [2.75, 3.05) is 27.2 Å². The highest BCUT2D eigenvalue weighted by Crippen LogP contribution is 2.15. The van der Waals surface area contributed by atoms with Crippen molar-refractivity contribution >= 4 is 10.0 Å². The topological polar surface area (TPSA) is 78.1 Å². The Morgan fingerprint density at radius 3 is 2.44 bits per heavy atom. The molecule has 2 N–H and O–H groups in total. The summed E-state index contributed by atoms with van der Waals surface area (Å²) < 4.78 is 26.4. The van der Waals surface area contributed by atoms with Gasteiger partial charge >= 0.3 is 0 Å². The van der Waals surface area contributed by atoms with E-state index in [1.165, 1.54) is 0 Å². The third kappa shape index (κ3) is 3.03. The fraction of sp³-hybridized carbons (Fsp3) is 0.667. The number of rotatable bonds is 5. The van der Waals surface area contributed by atoms with E-state index in [2.05, 4.69) is 14.9 Å². The monoisotopic (exact) mass is 246 g/mol. The fourth-order valence-corrected chi connectivity index (χ4v) is 2.80. The third-order valence-electron chi connectivity index (χ3n) is 2.18. The van der Waals surface area contributed by atoms with E-state index in [0.29, 0.717) is 24.5 Å². The molecule has 0 saturated carbocycles. The summed E-state index contributed by atoms with van der Waals surface area (Å²) >= 11 is 0. The largest absolute Gasteiger partial charge is 0.308 e. The molecule has 0 atom stereocenters. The van der Waals surface area contributed by atoms with Crippen molar-refractivity contribution in [3.8, 4) is 0 Å². The maximum absolute atomic E-state index is 11.9. The zero-order valence-electron chi connectivity index (χ0n) is 10.0. The lowest BCUT2D eigenvalue weighted by atomic mass is 10.4. The van der Waals surface area contributed by atoms with Gasteiger partial charge in [-0.05, 0) is 27.9 Å². The second-order valence-electron chi connectivity index (χ2n) is 3.96. The van der Waals surface area contributed by atoms with Crippen LogP contribution >= 0.6 is 0 Å². The molecular weight excluding hydrogens is 228 g/mol. The van der Waals surface area contributed by atoms with Gasteiger partial charge in [-0.25, -0.2) is 13.1 Å². The molecule has 0 radical (unpaired) electrons. The minimum absolute atomic E-state index is 0.256. The Hall–Kier alpha value is -0.920. The fourth-order valence-electron chi connectivity index (χ4n) is 1.41. The van der Waals surface area contributed by atoms with Gasteiger partial charge in [0.15, 0.2) is 0 Å². The normalized spacial score (nSPS) is 12.3. The molecule has 0 aliphatic rings. The van der Waals surface area contributed by atoms with Gasteiger partial charge in [0.2, 0.25) is 10.0 Å². The molecule has 0 bridgehead atoms. The Labute approximate surface area is 96.1 Å². The summed E-state index contributed by atoms with van der Waals surface area (Å²) in [6.07, 6.45) is 0.